The second-order valence-electron chi connectivity index (χ2n) is 5.88. The fraction of sp³-hybridized carbons (Fsp3) is 1.00. The molecule has 0 aliphatic carbocycles. The molecule has 0 radical (unpaired) electrons. The number of likely N-dealkylation sites (tertiary alicyclic amines) is 1. The Morgan fingerprint density at radius 2 is 1.79 bits per heavy atom. The van der Waals surface area contributed by atoms with Crippen molar-refractivity contribution in [3.8, 4) is 0 Å². The van der Waals surface area contributed by atoms with Gasteiger partial charge in [0, 0.05) is 38.8 Å². The van der Waals surface area contributed by atoms with E-state index in [9.17, 15) is 0 Å². The first-order valence-electron chi connectivity index (χ1n) is 8.09. The van der Waals surface area contributed by atoms with Crippen molar-refractivity contribution in [1.29, 1.82) is 0 Å². The van der Waals surface area contributed by atoms with Crippen LogP contribution in [0.4, 0.5) is 0 Å². The molecule has 112 valence electrons. The van der Waals surface area contributed by atoms with Crippen molar-refractivity contribution in [3.05, 3.63) is 0 Å². The van der Waals surface area contributed by atoms with Crippen molar-refractivity contribution < 1.29 is 4.74 Å². The number of rotatable bonds is 6. The standard InChI is InChI=1S/C15H31N3O/c1-3-14-13-18(6-5-15(14)16-4-2)8-7-17-9-11-19-12-10-17/h14-16H,3-13H2,1-2H3. The molecular formula is C15H31N3O. The smallest absolute Gasteiger partial charge is 0.0594 e. The van der Waals surface area contributed by atoms with E-state index in [4.69, 9.17) is 4.74 Å². The molecule has 2 aliphatic rings. The molecule has 2 heterocycles. The molecule has 2 saturated heterocycles. The van der Waals surface area contributed by atoms with Crippen molar-refractivity contribution in [2.24, 2.45) is 5.92 Å². The first-order chi connectivity index (χ1) is 9.33. The molecule has 0 bridgehead atoms. The minimum absolute atomic E-state index is 0.745. The third kappa shape index (κ3) is 4.71. The van der Waals surface area contributed by atoms with Crippen LogP contribution < -0.4 is 5.32 Å². The second-order valence-corrected chi connectivity index (χ2v) is 5.88. The molecular weight excluding hydrogens is 238 g/mol. The summed E-state index contributed by atoms with van der Waals surface area (Å²) in [4.78, 5) is 5.21. The zero-order valence-corrected chi connectivity index (χ0v) is 12.7. The third-order valence-electron chi connectivity index (χ3n) is 4.64. The summed E-state index contributed by atoms with van der Waals surface area (Å²) in [6.07, 6.45) is 2.61. The second kappa shape index (κ2) is 8.20. The maximum Gasteiger partial charge on any atom is 0.0594 e. The molecule has 0 aromatic heterocycles. The Kier molecular flexibility index (Phi) is 6.57. The van der Waals surface area contributed by atoms with E-state index in [2.05, 4.69) is 29.0 Å². The number of nitrogens with zero attached hydrogens (tertiary/aromatic N) is 2. The summed E-state index contributed by atoms with van der Waals surface area (Å²) in [6, 6.07) is 0.745. The van der Waals surface area contributed by atoms with Gasteiger partial charge < -0.3 is 15.0 Å². The topological polar surface area (TPSA) is 27.7 Å². The van der Waals surface area contributed by atoms with Gasteiger partial charge in [-0.1, -0.05) is 20.3 Å². The van der Waals surface area contributed by atoms with Crippen molar-refractivity contribution in [3.63, 3.8) is 0 Å². The maximum absolute atomic E-state index is 5.40. The molecule has 2 atom stereocenters. The molecule has 4 heteroatoms. The average Bonchev–Trinajstić information content (AvgIpc) is 2.47. The van der Waals surface area contributed by atoms with E-state index < -0.39 is 0 Å². The number of nitrogens with one attached hydrogen (secondary N) is 1. The van der Waals surface area contributed by atoms with Gasteiger partial charge in [-0.05, 0) is 25.4 Å². The van der Waals surface area contributed by atoms with Crippen LogP contribution in [0.5, 0.6) is 0 Å². The van der Waals surface area contributed by atoms with Gasteiger partial charge in [0.1, 0.15) is 0 Å². The summed E-state index contributed by atoms with van der Waals surface area (Å²) < 4.78 is 5.40. The lowest BCUT2D eigenvalue weighted by Gasteiger charge is -2.39. The van der Waals surface area contributed by atoms with E-state index in [-0.39, 0.29) is 0 Å². The predicted octanol–water partition coefficient (Wildman–Crippen LogP) is 1.03. The largest absolute Gasteiger partial charge is 0.379 e. The highest BCUT2D eigenvalue weighted by atomic mass is 16.5. The highest BCUT2D eigenvalue weighted by Gasteiger charge is 2.27. The van der Waals surface area contributed by atoms with Crippen LogP contribution in [-0.2, 0) is 4.74 Å². The first kappa shape index (κ1) is 15.2. The number of piperidine rings is 1. The maximum atomic E-state index is 5.40. The molecule has 0 aromatic carbocycles. The Labute approximate surface area is 118 Å². The quantitative estimate of drug-likeness (QED) is 0.779. The van der Waals surface area contributed by atoms with E-state index in [1.165, 1.54) is 39.0 Å². The number of ether oxygens (including phenoxy) is 1. The van der Waals surface area contributed by atoms with Gasteiger partial charge in [-0.2, -0.15) is 0 Å². The molecule has 2 unspecified atom stereocenters. The van der Waals surface area contributed by atoms with Gasteiger partial charge in [0.25, 0.3) is 0 Å². The van der Waals surface area contributed by atoms with E-state index >= 15 is 0 Å². The van der Waals surface area contributed by atoms with Crippen LogP contribution >= 0.6 is 0 Å². The highest BCUT2D eigenvalue weighted by molar-refractivity contribution is 4.84. The van der Waals surface area contributed by atoms with Gasteiger partial charge >= 0.3 is 0 Å². The summed E-state index contributed by atoms with van der Waals surface area (Å²) in [5.74, 6) is 0.832. The molecule has 19 heavy (non-hydrogen) atoms. The summed E-state index contributed by atoms with van der Waals surface area (Å²) >= 11 is 0. The lowest BCUT2D eigenvalue weighted by molar-refractivity contribution is 0.0294. The van der Waals surface area contributed by atoms with Gasteiger partial charge in [-0.15, -0.1) is 0 Å². The fourth-order valence-corrected chi connectivity index (χ4v) is 3.36. The first-order valence-corrected chi connectivity index (χ1v) is 8.09. The molecule has 1 N–H and O–H groups in total. The van der Waals surface area contributed by atoms with Crippen LogP contribution in [0.3, 0.4) is 0 Å². The normalized spacial score (nSPS) is 30.6. The van der Waals surface area contributed by atoms with Gasteiger partial charge in [-0.3, -0.25) is 4.90 Å². The predicted molar refractivity (Wildman–Crippen MR) is 79.6 cm³/mol. The van der Waals surface area contributed by atoms with E-state index in [1.54, 1.807) is 0 Å². The third-order valence-corrected chi connectivity index (χ3v) is 4.64. The number of hydrogen-bond acceptors (Lipinski definition) is 4. The molecule has 4 nitrogen and oxygen atoms in total. The lowest BCUT2D eigenvalue weighted by Crippen LogP contribution is -2.51. The average molecular weight is 269 g/mol. The van der Waals surface area contributed by atoms with E-state index in [0.717, 1.165) is 44.8 Å². The highest BCUT2D eigenvalue weighted by Crippen LogP contribution is 2.20. The zero-order chi connectivity index (χ0) is 13.5. The van der Waals surface area contributed by atoms with Crippen LogP contribution in [0.25, 0.3) is 0 Å². The van der Waals surface area contributed by atoms with Crippen LogP contribution in [0, 0.1) is 5.92 Å². The van der Waals surface area contributed by atoms with E-state index in [0.29, 0.717) is 0 Å². The lowest BCUT2D eigenvalue weighted by atomic mass is 9.90. The SMILES string of the molecule is CCNC1CCN(CCN2CCOCC2)CC1CC. The Balaban J connectivity index is 1.70. The van der Waals surface area contributed by atoms with Crippen molar-refractivity contribution in [2.75, 3.05) is 59.0 Å². The Morgan fingerprint density at radius 1 is 1.05 bits per heavy atom. The van der Waals surface area contributed by atoms with Crippen molar-refractivity contribution in [2.45, 2.75) is 32.7 Å². The Bertz CT molecular complexity index is 244. The van der Waals surface area contributed by atoms with Gasteiger partial charge in [0.2, 0.25) is 0 Å². The number of morpholine rings is 1. The Morgan fingerprint density at radius 3 is 2.47 bits per heavy atom. The molecule has 0 amide bonds. The fourth-order valence-electron chi connectivity index (χ4n) is 3.36. The van der Waals surface area contributed by atoms with Crippen LogP contribution in [0.15, 0.2) is 0 Å². The molecule has 0 spiro atoms. The summed E-state index contributed by atoms with van der Waals surface area (Å²) in [5.41, 5.74) is 0. The van der Waals surface area contributed by atoms with Crippen LogP contribution in [0.1, 0.15) is 26.7 Å². The number of hydrogen-bond donors (Lipinski definition) is 1. The van der Waals surface area contributed by atoms with Gasteiger partial charge in [0.15, 0.2) is 0 Å². The van der Waals surface area contributed by atoms with Crippen molar-refractivity contribution >= 4 is 0 Å². The van der Waals surface area contributed by atoms with Gasteiger partial charge in [0.05, 0.1) is 13.2 Å². The monoisotopic (exact) mass is 269 g/mol. The van der Waals surface area contributed by atoms with Crippen LogP contribution in [-0.4, -0.2) is 74.9 Å². The van der Waals surface area contributed by atoms with Crippen molar-refractivity contribution in [1.82, 2.24) is 15.1 Å². The molecule has 2 aliphatic heterocycles. The molecule has 0 aromatic rings. The minimum atomic E-state index is 0.745. The summed E-state index contributed by atoms with van der Waals surface area (Å²) in [6.45, 7) is 14.7. The molecule has 2 rings (SSSR count). The Hall–Kier alpha value is -0.160. The summed E-state index contributed by atoms with van der Waals surface area (Å²) in [7, 11) is 0. The molecule has 2 fully saturated rings. The zero-order valence-electron chi connectivity index (χ0n) is 12.7. The van der Waals surface area contributed by atoms with Crippen LogP contribution in [0.2, 0.25) is 0 Å². The minimum Gasteiger partial charge on any atom is -0.379 e. The summed E-state index contributed by atoms with van der Waals surface area (Å²) in [5, 5.41) is 3.66. The van der Waals surface area contributed by atoms with E-state index in [1.807, 2.05) is 0 Å². The van der Waals surface area contributed by atoms with Gasteiger partial charge in [-0.25, -0.2) is 0 Å². The molecule has 0 saturated carbocycles.